The molecule has 0 heterocycles. The molecule has 192 valence electrons. The van der Waals surface area contributed by atoms with Crippen molar-refractivity contribution in [2.75, 3.05) is 23.4 Å². The Morgan fingerprint density at radius 2 is 1.75 bits per heavy atom. The van der Waals surface area contributed by atoms with Crippen molar-refractivity contribution in [1.82, 2.24) is 4.72 Å². The first-order valence-corrected chi connectivity index (χ1v) is 14.7. The molecular formula is C27H30BrClN2O4S. The summed E-state index contributed by atoms with van der Waals surface area (Å²) in [4.78, 5) is 14.8. The topological polar surface area (TPSA) is 75.7 Å². The van der Waals surface area contributed by atoms with Crippen molar-refractivity contribution in [1.29, 1.82) is 0 Å². The number of hydrogen-bond donors (Lipinski definition) is 1. The van der Waals surface area contributed by atoms with Crippen LogP contribution in [-0.2, 0) is 21.4 Å². The molecule has 3 aromatic carbocycles. The minimum Gasteiger partial charge on any atom is -0.493 e. The maximum atomic E-state index is 12.9. The Hall–Kier alpha value is -2.39. The van der Waals surface area contributed by atoms with Crippen LogP contribution < -0.4 is 14.4 Å². The van der Waals surface area contributed by atoms with E-state index < -0.39 is 10.0 Å². The van der Waals surface area contributed by atoms with Gasteiger partial charge < -0.3 is 9.64 Å². The van der Waals surface area contributed by atoms with Crippen LogP contribution >= 0.6 is 27.5 Å². The minimum atomic E-state index is -3.54. The first-order chi connectivity index (χ1) is 17.3. The van der Waals surface area contributed by atoms with Gasteiger partial charge in [-0.2, -0.15) is 0 Å². The molecule has 0 aromatic heterocycles. The summed E-state index contributed by atoms with van der Waals surface area (Å²) in [6.45, 7) is 5.18. The fourth-order valence-electron chi connectivity index (χ4n) is 3.59. The third-order valence-corrected chi connectivity index (χ3v) is 7.62. The van der Waals surface area contributed by atoms with E-state index in [0.717, 1.165) is 29.5 Å². The zero-order chi connectivity index (χ0) is 26.1. The number of hydrogen-bond acceptors (Lipinski definition) is 4. The Morgan fingerprint density at radius 1 is 1.00 bits per heavy atom. The highest BCUT2D eigenvalue weighted by Crippen LogP contribution is 2.30. The van der Waals surface area contributed by atoms with Crippen molar-refractivity contribution in [2.24, 2.45) is 0 Å². The van der Waals surface area contributed by atoms with Gasteiger partial charge in [0.2, 0.25) is 15.9 Å². The van der Waals surface area contributed by atoms with E-state index in [1.54, 1.807) is 35.2 Å². The molecule has 0 unspecified atom stereocenters. The van der Waals surface area contributed by atoms with Crippen LogP contribution in [0.25, 0.3) is 11.1 Å². The molecule has 0 aliphatic heterocycles. The first-order valence-electron chi connectivity index (χ1n) is 11.8. The van der Waals surface area contributed by atoms with E-state index in [1.807, 2.05) is 50.2 Å². The van der Waals surface area contributed by atoms with Crippen LogP contribution in [-0.4, -0.2) is 32.8 Å². The number of nitrogens with zero attached hydrogens (tertiary/aromatic N) is 1. The molecular weight excluding hydrogens is 564 g/mol. The monoisotopic (exact) mass is 592 g/mol. The highest BCUT2D eigenvalue weighted by Gasteiger charge is 2.19. The summed E-state index contributed by atoms with van der Waals surface area (Å²) < 4.78 is 33.3. The summed E-state index contributed by atoms with van der Waals surface area (Å²) in [5, 5.41) is 0.720. The standard InChI is InChI=1S/C27H30BrClN2O4S/c1-3-14-30-36(33,34)25-11-8-20(9-12-25)21-6-5-7-24(17-21)31(27(32)18-28)19-22-16-23(29)10-13-26(22)35-15-4-2/h5-13,16-17,30H,3-4,14-15,18-19H2,1-2H3. The number of alkyl halides is 1. The number of benzene rings is 3. The van der Waals surface area contributed by atoms with Gasteiger partial charge in [-0.05, 0) is 66.4 Å². The number of carbonyl (C=O) groups excluding carboxylic acids is 1. The van der Waals surface area contributed by atoms with Gasteiger partial charge in [0.1, 0.15) is 5.75 Å². The molecule has 6 nitrogen and oxygen atoms in total. The minimum absolute atomic E-state index is 0.114. The lowest BCUT2D eigenvalue weighted by atomic mass is 10.0. The van der Waals surface area contributed by atoms with Gasteiger partial charge in [0.15, 0.2) is 0 Å². The third kappa shape index (κ3) is 7.32. The molecule has 0 aliphatic carbocycles. The fourth-order valence-corrected chi connectivity index (χ4v) is 5.22. The second-order valence-electron chi connectivity index (χ2n) is 8.19. The summed E-state index contributed by atoms with van der Waals surface area (Å²) in [5.41, 5.74) is 3.22. The number of sulfonamides is 1. The van der Waals surface area contributed by atoms with E-state index in [4.69, 9.17) is 16.3 Å². The normalized spacial score (nSPS) is 11.3. The molecule has 0 radical (unpaired) electrons. The van der Waals surface area contributed by atoms with Crippen LogP contribution in [0.3, 0.4) is 0 Å². The number of ether oxygens (including phenoxy) is 1. The van der Waals surface area contributed by atoms with Crippen LogP contribution in [0.2, 0.25) is 5.02 Å². The average Bonchev–Trinajstić information content (AvgIpc) is 2.89. The van der Waals surface area contributed by atoms with E-state index in [-0.39, 0.29) is 22.7 Å². The van der Waals surface area contributed by atoms with Crippen molar-refractivity contribution in [3.8, 4) is 16.9 Å². The van der Waals surface area contributed by atoms with E-state index in [9.17, 15) is 13.2 Å². The molecule has 0 fully saturated rings. The van der Waals surface area contributed by atoms with Crippen molar-refractivity contribution < 1.29 is 17.9 Å². The Kier molecular flexibility index (Phi) is 10.4. The molecule has 0 spiro atoms. The quantitative estimate of drug-likeness (QED) is 0.246. The number of halogens is 2. The number of carbonyl (C=O) groups is 1. The maximum Gasteiger partial charge on any atom is 0.240 e. The predicted molar refractivity (Wildman–Crippen MR) is 150 cm³/mol. The fraction of sp³-hybridized carbons (Fsp3) is 0.296. The lowest BCUT2D eigenvalue weighted by molar-refractivity contribution is -0.116. The van der Waals surface area contributed by atoms with Crippen molar-refractivity contribution in [3.05, 3.63) is 77.3 Å². The van der Waals surface area contributed by atoms with Crippen LogP contribution in [0, 0.1) is 0 Å². The molecule has 1 amide bonds. The highest BCUT2D eigenvalue weighted by molar-refractivity contribution is 9.09. The molecule has 0 atom stereocenters. The van der Waals surface area contributed by atoms with Crippen molar-refractivity contribution in [2.45, 2.75) is 38.1 Å². The van der Waals surface area contributed by atoms with Crippen LogP contribution in [0.5, 0.6) is 5.75 Å². The summed E-state index contributed by atoms with van der Waals surface area (Å²) in [7, 11) is -3.54. The Morgan fingerprint density at radius 3 is 2.42 bits per heavy atom. The van der Waals surface area contributed by atoms with Gasteiger partial charge in [0, 0.05) is 22.8 Å². The molecule has 0 bridgehead atoms. The summed E-state index contributed by atoms with van der Waals surface area (Å²) in [6, 6.07) is 19.7. The second kappa shape index (κ2) is 13.2. The van der Waals surface area contributed by atoms with E-state index in [2.05, 4.69) is 20.7 Å². The Labute approximate surface area is 226 Å². The van der Waals surface area contributed by atoms with Gasteiger partial charge in [-0.3, -0.25) is 4.79 Å². The lowest BCUT2D eigenvalue weighted by Gasteiger charge is -2.24. The third-order valence-electron chi connectivity index (χ3n) is 5.43. The van der Waals surface area contributed by atoms with E-state index in [1.165, 1.54) is 0 Å². The summed E-state index contributed by atoms with van der Waals surface area (Å²) in [5.74, 6) is 0.579. The molecule has 0 saturated carbocycles. The van der Waals surface area contributed by atoms with Gasteiger partial charge >= 0.3 is 0 Å². The zero-order valence-corrected chi connectivity index (χ0v) is 23.5. The molecule has 3 aromatic rings. The molecule has 36 heavy (non-hydrogen) atoms. The van der Waals surface area contributed by atoms with Gasteiger partial charge in [0.25, 0.3) is 0 Å². The molecule has 0 aliphatic rings. The van der Waals surface area contributed by atoms with Gasteiger partial charge in [-0.15, -0.1) is 0 Å². The number of rotatable bonds is 12. The lowest BCUT2D eigenvalue weighted by Crippen LogP contribution is -2.31. The molecule has 9 heteroatoms. The Balaban J connectivity index is 1.92. The number of nitrogens with one attached hydrogen (secondary N) is 1. The first kappa shape index (κ1) is 28.2. The van der Waals surface area contributed by atoms with Crippen molar-refractivity contribution in [3.63, 3.8) is 0 Å². The highest BCUT2D eigenvalue weighted by atomic mass is 79.9. The number of amides is 1. The number of anilines is 1. The zero-order valence-electron chi connectivity index (χ0n) is 20.3. The van der Waals surface area contributed by atoms with E-state index >= 15 is 0 Å². The Bertz CT molecular complexity index is 1280. The van der Waals surface area contributed by atoms with Crippen LogP contribution in [0.4, 0.5) is 5.69 Å². The van der Waals surface area contributed by atoms with Crippen molar-refractivity contribution >= 4 is 49.1 Å². The van der Waals surface area contributed by atoms with Crippen LogP contribution in [0.15, 0.2) is 71.6 Å². The summed E-state index contributed by atoms with van der Waals surface area (Å²) in [6.07, 6.45) is 1.58. The summed E-state index contributed by atoms with van der Waals surface area (Å²) >= 11 is 9.55. The largest absolute Gasteiger partial charge is 0.493 e. The average molecular weight is 594 g/mol. The van der Waals surface area contributed by atoms with Crippen LogP contribution in [0.1, 0.15) is 32.3 Å². The molecule has 1 N–H and O–H groups in total. The SMILES string of the molecule is CCCNS(=O)(=O)c1ccc(-c2cccc(N(Cc3cc(Cl)ccc3OCCC)C(=O)CBr)c2)cc1. The van der Waals surface area contributed by atoms with Gasteiger partial charge in [0.05, 0.1) is 23.4 Å². The molecule has 3 rings (SSSR count). The van der Waals surface area contributed by atoms with Gasteiger partial charge in [-0.1, -0.05) is 65.6 Å². The second-order valence-corrected chi connectivity index (χ2v) is 11.0. The molecule has 0 saturated heterocycles. The maximum absolute atomic E-state index is 12.9. The predicted octanol–water partition coefficient (Wildman–Crippen LogP) is 6.41. The van der Waals surface area contributed by atoms with Gasteiger partial charge in [-0.25, -0.2) is 13.1 Å². The smallest absolute Gasteiger partial charge is 0.240 e. The van der Waals surface area contributed by atoms with E-state index in [0.29, 0.717) is 29.6 Å².